The van der Waals surface area contributed by atoms with Crippen LogP contribution >= 0.6 is 0 Å². The van der Waals surface area contributed by atoms with Gasteiger partial charge in [-0.1, -0.05) is 112 Å². The van der Waals surface area contributed by atoms with Gasteiger partial charge in [-0.15, -0.1) is 6.58 Å². The molecule has 2 aliphatic rings. The minimum Gasteiger partial charge on any atom is -0.461 e. The number of nitrogens with zero attached hydrogens (tertiary/aromatic N) is 2. The Morgan fingerprint density at radius 2 is 1.37 bits per heavy atom. The Morgan fingerprint density at radius 3 is 1.91 bits per heavy atom. The molecule has 276 valence electrons. The van der Waals surface area contributed by atoms with Gasteiger partial charge in [-0.05, 0) is 77.9 Å². The van der Waals surface area contributed by atoms with Crippen molar-refractivity contribution in [2.24, 2.45) is 0 Å². The molecule has 0 radical (unpaired) electrons. The number of esters is 1. The highest BCUT2D eigenvalue weighted by molar-refractivity contribution is 5.75. The maximum Gasteiger partial charge on any atom is 0.307 e. The molecule has 0 aromatic rings. The maximum absolute atomic E-state index is 12.2. The SMILES string of the molecule is C.C=CCCCCCCCCCCC.CC.CCC.COC[C@@H]1CC[C@H](OC(=O)CCN2CCCC2)CN1CCCCCC(C)=O. The number of ketones is 1. The molecule has 0 amide bonds. The number of unbranched alkanes of at least 4 members (excludes halogenated alkanes) is 11. The van der Waals surface area contributed by atoms with Crippen LogP contribution in [0.1, 0.15) is 177 Å². The van der Waals surface area contributed by atoms with Crippen LogP contribution in [0.2, 0.25) is 0 Å². The summed E-state index contributed by atoms with van der Waals surface area (Å²) in [5.74, 6) is 0.213. The average molecular weight is 655 g/mol. The fourth-order valence-corrected chi connectivity index (χ4v) is 5.78. The molecule has 2 fully saturated rings. The molecule has 0 aromatic carbocycles. The number of methoxy groups -OCH3 is 1. The number of hydrogen-bond donors (Lipinski definition) is 0. The van der Waals surface area contributed by atoms with Gasteiger partial charge in [-0.3, -0.25) is 9.69 Å². The Balaban J connectivity index is -0.000000820. The molecule has 2 heterocycles. The summed E-state index contributed by atoms with van der Waals surface area (Å²) in [4.78, 5) is 28.0. The number of piperidine rings is 1. The van der Waals surface area contributed by atoms with Gasteiger partial charge >= 0.3 is 5.97 Å². The van der Waals surface area contributed by atoms with Crippen LogP contribution in [0.15, 0.2) is 12.7 Å². The molecular formula is C40H82N2O4. The van der Waals surface area contributed by atoms with Crippen molar-refractivity contribution in [2.45, 2.75) is 190 Å². The van der Waals surface area contributed by atoms with E-state index in [2.05, 4.69) is 37.1 Å². The Labute approximate surface area is 288 Å². The number of likely N-dealkylation sites (tertiary alicyclic amines) is 2. The van der Waals surface area contributed by atoms with Gasteiger partial charge in [0.2, 0.25) is 0 Å². The van der Waals surface area contributed by atoms with E-state index in [1.54, 1.807) is 14.0 Å². The van der Waals surface area contributed by atoms with Gasteiger partial charge in [0.05, 0.1) is 13.0 Å². The smallest absolute Gasteiger partial charge is 0.307 e. The third-order valence-electron chi connectivity index (χ3n) is 8.25. The molecular weight excluding hydrogens is 572 g/mol. The monoisotopic (exact) mass is 655 g/mol. The Bertz CT molecular complexity index is 651. The van der Waals surface area contributed by atoms with Crippen molar-refractivity contribution in [3.8, 4) is 0 Å². The van der Waals surface area contributed by atoms with Crippen molar-refractivity contribution in [3.05, 3.63) is 12.7 Å². The fourth-order valence-electron chi connectivity index (χ4n) is 5.78. The minimum atomic E-state index is -0.0569. The van der Waals surface area contributed by atoms with E-state index >= 15 is 0 Å². The van der Waals surface area contributed by atoms with Gasteiger partial charge in [-0.2, -0.15) is 0 Å². The zero-order valence-electron chi connectivity index (χ0n) is 31.4. The molecule has 6 heteroatoms. The molecule has 0 saturated carbocycles. The van der Waals surface area contributed by atoms with E-state index in [-0.39, 0.29) is 25.3 Å². The number of carbonyl (C=O) groups excluding carboxylic acids is 2. The second kappa shape index (κ2) is 38.2. The number of carbonyl (C=O) groups is 2. The van der Waals surface area contributed by atoms with Crippen molar-refractivity contribution in [2.75, 3.05) is 46.4 Å². The highest BCUT2D eigenvalue weighted by Crippen LogP contribution is 2.21. The van der Waals surface area contributed by atoms with Crippen LogP contribution in [-0.2, 0) is 19.1 Å². The van der Waals surface area contributed by atoms with Gasteiger partial charge in [0.1, 0.15) is 11.9 Å². The van der Waals surface area contributed by atoms with Crippen LogP contribution < -0.4 is 0 Å². The summed E-state index contributed by atoms with van der Waals surface area (Å²) in [6.45, 7) is 21.5. The van der Waals surface area contributed by atoms with Crippen molar-refractivity contribution >= 4 is 11.8 Å². The van der Waals surface area contributed by atoms with Gasteiger partial charge in [0, 0.05) is 32.7 Å². The van der Waals surface area contributed by atoms with Crippen LogP contribution in [0.5, 0.6) is 0 Å². The molecule has 0 unspecified atom stereocenters. The van der Waals surface area contributed by atoms with Gasteiger partial charge in [0.15, 0.2) is 0 Å². The van der Waals surface area contributed by atoms with E-state index in [1.807, 2.05) is 19.9 Å². The molecule has 2 aliphatic heterocycles. The highest BCUT2D eigenvalue weighted by atomic mass is 16.5. The van der Waals surface area contributed by atoms with Crippen LogP contribution in [-0.4, -0.2) is 80.1 Å². The first-order valence-electron chi connectivity index (χ1n) is 19.2. The van der Waals surface area contributed by atoms with Crippen molar-refractivity contribution < 1.29 is 19.1 Å². The molecule has 2 rings (SSSR count). The molecule has 2 atom stereocenters. The predicted molar refractivity (Wildman–Crippen MR) is 202 cm³/mol. The molecule has 6 nitrogen and oxygen atoms in total. The van der Waals surface area contributed by atoms with Gasteiger partial charge in [0.25, 0.3) is 0 Å². The molecule has 46 heavy (non-hydrogen) atoms. The Kier molecular flexibility index (Phi) is 40.8. The number of hydrogen-bond acceptors (Lipinski definition) is 6. The minimum absolute atomic E-state index is 0. The Morgan fingerprint density at radius 1 is 0.804 bits per heavy atom. The highest BCUT2D eigenvalue weighted by Gasteiger charge is 2.30. The zero-order valence-corrected chi connectivity index (χ0v) is 31.4. The van der Waals surface area contributed by atoms with E-state index < -0.39 is 0 Å². The van der Waals surface area contributed by atoms with E-state index in [0.29, 0.717) is 18.9 Å². The summed E-state index contributed by atoms with van der Waals surface area (Å²) in [6.07, 6.45) is 26.0. The third kappa shape index (κ3) is 31.4. The molecule has 2 saturated heterocycles. The number of allylic oxidation sites excluding steroid dienone is 1. The summed E-state index contributed by atoms with van der Waals surface area (Å²) < 4.78 is 11.2. The molecule has 0 spiro atoms. The van der Waals surface area contributed by atoms with Crippen LogP contribution in [0.4, 0.5) is 0 Å². The quantitative estimate of drug-likeness (QED) is 0.0658. The molecule has 0 N–H and O–H groups in total. The lowest BCUT2D eigenvalue weighted by atomic mass is 9.99. The van der Waals surface area contributed by atoms with Crippen molar-refractivity contribution in [1.82, 2.24) is 9.80 Å². The largest absolute Gasteiger partial charge is 0.461 e. The van der Waals surface area contributed by atoms with Crippen LogP contribution in [0.25, 0.3) is 0 Å². The summed E-state index contributed by atoms with van der Waals surface area (Å²) in [5, 5.41) is 0. The van der Waals surface area contributed by atoms with E-state index in [0.717, 1.165) is 71.4 Å². The van der Waals surface area contributed by atoms with E-state index in [9.17, 15) is 9.59 Å². The van der Waals surface area contributed by atoms with Gasteiger partial charge in [-0.25, -0.2) is 0 Å². The normalized spacial score (nSPS) is 17.6. The summed E-state index contributed by atoms with van der Waals surface area (Å²) in [6, 6.07) is 0.405. The maximum atomic E-state index is 12.2. The average Bonchev–Trinajstić information content (AvgIpc) is 3.56. The Hall–Kier alpha value is -1.24. The summed E-state index contributed by atoms with van der Waals surface area (Å²) >= 11 is 0. The van der Waals surface area contributed by atoms with Gasteiger partial charge < -0.3 is 19.2 Å². The van der Waals surface area contributed by atoms with E-state index in [4.69, 9.17) is 9.47 Å². The van der Waals surface area contributed by atoms with E-state index in [1.165, 1.54) is 83.5 Å². The predicted octanol–water partition coefficient (Wildman–Crippen LogP) is 10.8. The topological polar surface area (TPSA) is 59.1 Å². The standard InChI is InChI=1S/C21H38N2O4.C13H26.C3H8.C2H6.CH4/c1-18(24)8-4-3-5-14-23-16-20(10-9-19(23)17-26-2)27-21(25)11-15-22-12-6-7-13-22;1-3-5-7-9-11-13-12-10-8-6-4-2;1-3-2;1-2;/h19-20H,3-17H2,1-2H3;3H,1,4-13H2,2H3;3H2,1-2H3;1-2H3;1H4/t19-,20-;;;;/m0..../s1. The molecule has 0 aliphatic carbocycles. The van der Waals surface area contributed by atoms with Crippen molar-refractivity contribution in [3.63, 3.8) is 0 Å². The first-order valence-corrected chi connectivity index (χ1v) is 19.2. The lowest BCUT2D eigenvalue weighted by Gasteiger charge is -2.39. The second-order valence-corrected chi connectivity index (χ2v) is 12.7. The van der Waals surface area contributed by atoms with Crippen LogP contribution in [0, 0.1) is 0 Å². The first kappa shape index (κ1) is 49.2. The number of Topliss-reactive ketones (excluding diaryl/α,β-unsaturated/α-hetero) is 1. The lowest BCUT2D eigenvalue weighted by molar-refractivity contribution is -0.153. The molecule has 0 bridgehead atoms. The van der Waals surface area contributed by atoms with Crippen molar-refractivity contribution in [1.29, 1.82) is 0 Å². The number of ether oxygens (including phenoxy) is 2. The first-order chi connectivity index (χ1) is 21.9. The third-order valence-corrected chi connectivity index (χ3v) is 8.25. The molecule has 0 aromatic heterocycles. The lowest BCUT2D eigenvalue weighted by Crippen LogP contribution is -2.49. The zero-order chi connectivity index (χ0) is 34.0. The second-order valence-electron chi connectivity index (χ2n) is 12.7. The summed E-state index contributed by atoms with van der Waals surface area (Å²) in [7, 11) is 1.75. The summed E-state index contributed by atoms with van der Waals surface area (Å²) in [5.41, 5.74) is 0. The van der Waals surface area contributed by atoms with Crippen LogP contribution in [0.3, 0.4) is 0 Å². The number of rotatable bonds is 22. The fraction of sp³-hybridized carbons (Fsp3) is 0.900.